The van der Waals surface area contributed by atoms with Crippen LogP contribution in [0.2, 0.25) is 0 Å². The number of hydrogen-bond donors (Lipinski definition) is 1. The standard InChI is InChI=1S/C16H24N2O2/c1-11-5-6-15(12(2)7-11)17-8-16(19)18-9-13(3)20-14(4)10-18/h5-7,13-14,17H,8-10H2,1-4H3. The minimum absolute atomic E-state index is 0.115. The predicted octanol–water partition coefficient (Wildman–Crippen LogP) is 2.35. The Morgan fingerprint density at radius 1 is 1.30 bits per heavy atom. The third kappa shape index (κ3) is 3.73. The second kappa shape index (κ2) is 6.27. The molecule has 2 atom stereocenters. The largest absolute Gasteiger partial charge is 0.376 e. The molecule has 2 unspecified atom stereocenters. The zero-order valence-electron chi connectivity index (χ0n) is 12.8. The van der Waals surface area contributed by atoms with Crippen LogP contribution in [0, 0.1) is 13.8 Å². The molecule has 110 valence electrons. The molecule has 0 bridgehead atoms. The molecule has 20 heavy (non-hydrogen) atoms. The van der Waals surface area contributed by atoms with Crippen LogP contribution in [0.25, 0.3) is 0 Å². The molecule has 4 nitrogen and oxygen atoms in total. The number of hydrogen-bond acceptors (Lipinski definition) is 3. The van der Waals surface area contributed by atoms with E-state index in [9.17, 15) is 4.79 Å². The number of anilines is 1. The van der Waals surface area contributed by atoms with E-state index >= 15 is 0 Å². The highest BCUT2D eigenvalue weighted by Crippen LogP contribution is 2.16. The van der Waals surface area contributed by atoms with Crippen molar-refractivity contribution < 1.29 is 9.53 Å². The summed E-state index contributed by atoms with van der Waals surface area (Å²) in [6.45, 7) is 9.83. The number of amides is 1. The SMILES string of the molecule is Cc1ccc(NCC(=O)N2CC(C)OC(C)C2)c(C)c1. The number of ether oxygens (including phenoxy) is 1. The predicted molar refractivity (Wildman–Crippen MR) is 81.0 cm³/mol. The molecule has 0 aromatic heterocycles. The van der Waals surface area contributed by atoms with Gasteiger partial charge in [-0.1, -0.05) is 17.7 Å². The van der Waals surface area contributed by atoms with Crippen LogP contribution in [0.1, 0.15) is 25.0 Å². The molecule has 1 N–H and O–H groups in total. The Morgan fingerprint density at radius 3 is 2.55 bits per heavy atom. The van der Waals surface area contributed by atoms with E-state index < -0.39 is 0 Å². The highest BCUT2D eigenvalue weighted by molar-refractivity contribution is 5.81. The van der Waals surface area contributed by atoms with Crippen molar-refractivity contribution in [2.24, 2.45) is 0 Å². The van der Waals surface area contributed by atoms with Gasteiger partial charge in [0.1, 0.15) is 0 Å². The smallest absolute Gasteiger partial charge is 0.242 e. The number of carbonyl (C=O) groups excluding carboxylic acids is 1. The molecule has 1 amide bonds. The van der Waals surface area contributed by atoms with Crippen molar-refractivity contribution in [1.82, 2.24) is 4.90 Å². The maximum atomic E-state index is 12.2. The third-order valence-electron chi connectivity index (χ3n) is 3.58. The van der Waals surface area contributed by atoms with Gasteiger partial charge >= 0.3 is 0 Å². The van der Waals surface area contributed by atoms with Gasteiger partial charge in [0.05, 0.1) is 18.8 Å². The Balaban J connectivity index is 1.91. The minimum atomic E-state index is 0.115. The Hall–Kier alpha value is -1.55. The average molecular weight is 276 g/mol. The van der Waals surface area contributed by atoms with Gasteiger partial charge in [-0.05, 0) is 39.3 Å². The molecule has 1 aromatic carbocycles. The highest BCUT2D eigenvalue weighted by Gasteiger charge is 2.25. The maximum Gasteiger partial charge on any atom is 0.242 e. The summed E-state index contributed by atoms with van der Waals surface area (Å²) in [6, 6.07) is 6.20. The number of aryl methyl sites for hydroxylation is 2. The average Bonchev–Trinajstić information content (AvgIpc) is 2.36. The van der Waals surface area contributed by atoms with Crippen molar-refractivity contribution in [3.63, 3.8) is 0 Å². The van der Waals surface area contributed by atoms with E-state index in [-0.39, 0.29) is 18.1 Å². The Kier molecular flexibility index (Phi) is 4.65. The molecule has 1 heterocycles. The number of nitrogens with zero attached hydrogens (tertiary/aromatic N) is 1. The van der Waals surface area contributed by atoms with Crippen molar-refractivity contribution >= 4 is 11.6 Å². The highest BCUT2D eigenvalue weighted by atomic mass is 16.5. The number of nitrogens with one attached hydrogen (secondary N) is 1. The topological polar surface area (TPSA) is 41.6 Å². The lowest BCUT2D eigenvalue weighted by Gasteiger charge is -2.35. The number of benzene rings is 1. The summed E-state index contributed by atoms with van der Waals surface area (Å²) in [6.07, 6.45) is 0.229. The number of carbonyl (C=O) groups is 1. The van der Waals surface area contributed by atoms with Crippen molar-refractivity contribution in [3.05, 3.63) is 29.3 Å². The first-order valence-electron chi connectivity index (χ1n) is 7.20. The van der Waals surface area contributed by atoms with Crippen molar-refractivity contribution in [1.29, 1.82) is 0 Å². The molecule has 2 rings (SSSR count). The molecule has 1 aliphatic heterocycles. The number of rotatable bonds is 3. The lowest BCUT2D eigenvalue weighted by atomic mass is 10.1. The molecule has 0 radical (unpaired) electrons. The molecular formula is C16H24N2O2. The van der Waals surface area contributed by atoms with Crippen LogP contribution in [0.3, 0.4) is 0 Å². The Morgan fingerprint density at radius 2 is 1.95 bits per heavy atom. The normalized spacial score (nSPS) is 22.7. The van der Waals surface area contributed by atoms with Gasteiger partial charge in [-0.25, -0.2) is 0 Å². The van der Waals surface area contributed by atoms with Gasteiger partial charge in [-0.3, -0.25) is 4.79 Å². The summed E-state index contributed by atoms with van der Waals surface area (Å²) in [5.74, 6) is 0.131. The van der Waals surface area contributed by atoms with Crippen molar-refractivity contribution in [2.75, 3.05) is 25.0 Å². The fourth-order valence-electron chi connectivity index (χ4n) is 2.68. The zero-order chi connectivity index (χ0) is 14.7. The van der Waals surface area contributed by atoms with Crippen molar-refractivity contribution in [3.8, 4) is 0 Å². The summed E-state index contributed by atoms with van der Waals surface area (Å²) < 4.78 is 5.65. The zero-order valence-corrected chi connectivity index (χ0v) is 12.8. The molecule has 0 spiro atoms. The van der Waals surface area contributed by atoms with Gasteiger partial charge in [0, 0.05) is 18.8 Å². The van der Waals surface area contributed by atoms with Crippen LogP contribution in [-0.2, 0) is 9.53 Å². The van der Waals surface area contributed by atoms with Crippen LogP contribution >= 0.6 is 0 Å². The second-order valence-corrected chi connectivity index (χ2v) is 5.73. The van der Waals surface area contributed by atoms with Crippen LogP contribution in [0.5, 0.6) is 0 Å². The van der Waals surface area contributed by atoms with Crippen LogP contribution in [0.4, 0.5) is 5.69 Å². The van der Waals surface area contributed by atoms with E-state index in [0.29, 0.717) is 19.6 Å². The van der Waals surface area contributed by atoms with Crippen LogP contribution in [0.15, 0.2) is 18.2 Å². The van der Waals surface area contributed by atoms with Gasteiger partial charge in [0.2, 0.25) is 5.91 Å². The summed E-state index contributed by atoms with van der Waals surface area (Å²) in [4.78, 5) is 14.1. The summed E-state index contributed by atoms with van der Waals surface area (Å²) in [5, 5.41) is 3.23. The number of morpholine rings is 1. The van der Waals surface area contributed by atoms with Gasteiger partial charge in [0.25, 0.3) is 0 Å². The monoisotopic (exact) mass is 276 g/mol. The van der Waals surface area contributed by atoms with E-state index in [0.717, 1.165) is 5.69 Å². The lowest BCUT2D eigenvalue weighted by molar-refractivity contribution is -0.141. The summed E-state index contributed by atoms with van der Waals surface area (Å²) in [5.41, 5.74) is 3.43. The van der Waals surface area contributed by atoms with Crippen molar-refractivity contribution in [2.45, 2.75) is 39.9 Å². The quantitative estimate of drug-likeness (QED) is 0.921. The Labute approximate surface area is 121 Å². The molecule has 4 heteroatoms. The van der Waals surface area contributed by atoms with Gasteiger partial charge in [-0.15, -0.1) is 0 Å². The van der Waals surface area contributed by atoms with E-state index in [1.807, 2.05) is 24.8 Å². The summed E-state index contributed by atoms with van der Waals surface area (Å²) in [7, 11) is 0. The van der Waals surface area contributed by atoms with Gasteiger partial charge in [-0.2, -0.15) is 0 Å². The van der Waals surface area contributed by atoms with E-state index in [4.69, 9.17) is 4.74 Å². The molecule has 1 saturated heterocycles. The fourth-order valence-corrected chi connectivity index (χ4v) is 2.68. The first-order valence-corrected chi connectivity index (χ1v) is 7.20. The van der Waals surface area contributed by atoms with Crippen LogP contribution in [-0.4, -0.2) is 42.6 Å². The van der Waals surface area contributed by atoms with E-state index in [1.165, 1.54) is 11.1 Å². The Bertz CT molecular complexity index is 477. The van der Waals surface area contributed by atoms with Crippen LogP contribution < -0.4 is 5.32 Å². The fraction of sp³-hybridized carbons (Fsp3) is 0.562. The summed E-state index contributed by atoms with van der Waals surface area (Å²) >= 11 is 0. The molecular weight excluding hydrogens is 252 g/mol. The molecule has 1 aliphatic rings. The van der Waals surface area contributed by atoms with Gasteiger partial charge < -0.3 is 15.0 Å². The first kappa shape index (κ1) is 14.9. The van der Waals surface area contributed by atoms with E-state index in [1.54, 1.807) is 0 Å². The molecule has 1 fully saturated rings. The second-order valence-electron chi connectivity index (χ2n) is 5.73. The molecule has 0 saturated carbocycles. The minimum Gasteiger partial charge on any atom is -0.376 e. The first-order chi connectivity index (χ1) is 9.45. The third-order valence-corrected chi connectivity index (χ3v) is 3.58. The molecule has 0 aliphatic carbocycles. The maximum absolute atomic E-state index is 12.2. The van der Waals surface area contributed by atoms with E-state index in [2.05, 4.69) is 31.3 Å². The lowest BCUT2D eigenvalue weighted by Crippen LogP contribution is -2.49. The van der Waals surface area contributed by atoms with Gasteiger partial charge in [0.15, 0.2) is 0 Å². The molecule has 1 aromatic rings.